The summed E-state index contributed by atoms with van der Waals surface area (Å²) in [6.07, 6.45) is 2.68. The number of ether oxygens (including phenoxy) is 2. The van der Waals surface area contributed by atoms with Crippen molar-refractivity contribution in [2.75, 3.05) is 26.7 Å². The van der Waals surface area contributed by atoms with Crippen LogP contribution >= 0.6 is 11.6 Å². The Bertz CT molecular complexity index is 908. The quantitative estimate of drug-likeness (QED) is 0.754. The summed E-state index contributed by atoms with van der Waals surface area (Å²) in [7, 11) is 1.97. The maximum Gasteiger partial charge on any atom is 0.410 e. The van der Waals surface area contributed by atoms with Crippen molar-refractivity contribution in [2.45, 2.75) is 18.8 Å². The highest BCUT2D eigenvalue weighted by atomic mass is 35.5. The lowest BCUT2D eigenvalue weighted by molar-refractivity contribution is -0.0609. The SMILES string of the molecule is CN1CC2(C1)CN(Cc1cncc(-c3ccc(Cl)c(OC(F)F)c3)n1)C(=O)O2. The number of alkyl halides is 2. The summed E-state index contributed by atoms with van der Waals surface area (Å²) in [6, 6.07) is 4.47. The Kier molecular flexibility index (Phi) is 4.80. The molecule has 7 nitrogen and oxygen atoms in total. The van der Waals surface area contributed by atoms with Crippen LogP contribution in [0, 0.1) is 0 Å². The van der Waals surface area contributed by atoms with Crippen LogP contribution in [0.2, 0.25) is 5.02 Å². The molecule has 4 rings (SSSR count). The van der Waals surface area contributed by atoms with E-state index in [0.717, 1.165) is 0 Å². The van der Waals surface area contributed by atoms with E-state index in [-0.39, 0.29) is 23.4 Å². The number of carbonyl (C=O) groups excluding carboxylic acids is 1. The zero-order valence-electron chi connectivity index (χ0n) is 14.9. The number of aromatic nitrogens is 2. The summed E-state index contributed by atoms with van der Waals surface area (Å²) in [4.78, 5) is 24.5. The molecular formula is C18H17ClF2N4O3. The molecule has 2 aliphatic heterocycles. The second-order valence-electron chi connectivity index (χ2n) is 7.00. The van der Waals surface area contributed by atoms with Crippen molar-refractivity contribution < 1.29 is 23.0 Å². The van der Waals surface area contributed by atoms with Crippen LogP contribution < -0.4 is 4.74 Å². The predicted octanol–water partition coefficient (Wildman–Crippen LogP) is 3.03. The summed E-state index contributed by atoms with van der Waals surface area (Å²) >= 11 is 5.89. The average Bonchev–Trinajstić information content (AvgIpc) is 2.92. The van der Waals surface area contributed by atoms with Gasteiger partial charge < -0.3 is 9.47 Å². The molecule has 2 aliphatic rings. The van der Waals surface area contributed by atoms with Gasteiger partial charge in [-0.15, -0.1) is 0 Å². The second kappa shape index (κ2) is 7.14. The first-order valence-corrected chi connectivity index (χ1v) is 8.93. The Hall–Kier alpha value is -2.52. The number of amides is 1. The van der Waals surface area contributed by atoms with Crippen molar-refractivity contribution in [1.29, 1.82) is 0 Å². The van der Waals surface area contributed by atoms with Crippen LogP contribution in [0.15, 0.2) is 30.6 Å². The second-order valence-corrected chi connectivity index (χ2v) is 7.41. The first kappa shape index (κ1) is 18.8. The van der Waals surface area contributed by atoms with E-state index in [4.69, 9.17) is 16.3 Å². The molecular weight excluding hydrogens is 394 g/mol. The Morgan fingerprint density at radius 2 is 2.11 bits per heavy atom. The van der Waals surface area contributed by atoms with E-state index >= 15 is 0 Å². The van der Waals surface area contributed by atoms with Crippen molar-refractivity contribution in [3.05, 3.63) is 41.3 Å². The zero-order chi connectivity index (χ0) is 19.9. The summed E-state index contributed by atoms with van der Waals surface area (Å²) in [5, 5.41) is 0.0729. The number of likely N-dealkylation sites (N-methyl/N-ethyl adjacent to an activating group) is 1. The third-order valence-electron chi connectivity index (χ3n) is 4.64. The number of nitrogens with zero attached hydrogens (tertiary/aromatic N) is 4. The molecule has 1 aromatic heterocycles. The van der Waals surface area contributed by atoms with Crippen LogP contribution in [-0.2, 0) is 11.3 Å². The van der Waals surface area contributed by atoms with Gasteiger partial charge in [-0.1, -0.05) is 17.7 Å². The molecule has 1 spiro atoms. The molecule has 1 aromatic carbocycles. The number of likely N-dealkylation sites (tertiary alicyclic amines) is 1. The Morgan fingerprint density at radius 3 is 2.82 bits per heavy atom. The largest absolute Gasteiger partial charge is 0.438 e. The van der Waals surface area contributed by atoms with Crippen LogP contribution in [0.3, 0.4) is 0 Å². The fraction of sp³-hybridized carbons (Fsp3) is 0.389. The van der Waals surface area contributed by atoms with E-state index < -0.39 is 12.2 Å². The molecule has 0 radical (unpaired) electrons. The van der Waals surface area contributed by atoms with Gasteiger partial charge in [-0.2, -0.15) is 8.78 Å². The number of benzene rings is 1. The van der Waals surface area contributed by atoms with Gasteiger partial charge >= 0.3 is 12.7 Å². The van der Waals surface area contributed by atoms with Crippen molar-refractivity contribution in [3.8, 4) is 17.0 Å². The van der Waals surface area contributed by atoms with Gasteiger partial charge in [-0.3, -0.25) is 14.8 Å². The molecule has 28 heavy (non-hydrogen) atoms. The minimum Gasteiger partial charge on any atom is -0.438 e. The minimum absolute atomic E-state index is 0.0729. The molecule has 10 heteroatoms. The number of halogens is 3. The van der Waals surface area contributed by atoms with Gasteiger partial charge in [-0.05, 0) is 19.2 Å². The van der Waals surface area contributed by atoms with E-state index in [9.17, 15) is 13.6 Å². The highest BCUT2D eigenvalue weighted by Crippen LogP contribution is 2.33. The topological polar surface area (TPSA) is 67.8 Å². The minimum atomic E-state index is -2.98. The van der Waals surface area contributed by atoms with Gasteiger partial charge in [-0.25, -0.2) is 9.78 Å². The molecule has 0 saturated carbocycles. The average molecular weight is 411 g/mol. The molecule has 0 atom stereocenters. The number of hydrogen-bond donors (Lipinski definition) is 0. The molecule has 0 bridgehead atoms. The lowest BCUT2D eigenvalue weighted by Gasteiger charge is -2.43. The molecule has 0 unspecified atom stereocenters. The van der Waals surface area contributed by atoms with E-state index in [1.165, 1.54) is 18.3 Å². The van der Waals surface area contributed by atoms with Crippen LogP contribution in [0.5, 0.6) is 5.75 Å². The monoisotopic (exact) mass is 410 g/mol. The molecule has 2 aromatic rings. The fourth-order valence-corrected chi connectivity index (χ4v) is 3.75. The number of rotatable bonds is 5. The zero-order valence-corrected chi connectivity index (χ0v) is 15.7. The summed E-state index contributed by atoms with van der Waals surface area (Å²) in [5.41, 5.74) is 1.11. The summed E-state index contributed by atoms with van der Waals surface area (Å²) in [6.45, 7) is -0.824. The number of carbonyl (C=O) groups is 1. The van der Waals surface area contributed by atoms with E-state index in [1.807, 2.05) is 7.05 Å². The highest BCUT2D eigenvalue weighted by molar-refractivity contribution is 6.32. The lowest BCUT2D eigenvalue weighted by atomic mass is 9.95. The Labute approximate surface area is 164 Å². The molecule has 0 aliphatic carbocycles. The van der Waals surface area contributed by atoms with Crippen LogP contribution in [0.4, 0.5) is 13.6 Å². The van der Waals surface area contributed by atoms with Gasteiger partial charge in [0.2, 0.25) is 0 Å². The molecule has 3 heterocycles. The maximum absolute atomic E-state index is 12.5. The molecule has 148 valence electrons. The van der Waals surface area contributed by atoms with Gasteiger partial charge in [0.05, 0.1) is 41.9 Å². The lowest BCUT2D eigenvalue weighted by Crippen LogP contribution is -2.62. The summed E-state index contributed by atoms with van der Waals surface area (Å²) < 4.78 is 35.0. The van der Waals surface area contributed by atoms with Gasteiger partial charge in [0.25, 0.3) is 0 Å². The summed E-state index contributed by atoms with van der Waals surface area (Å²) in [5.74, 6) is -0.138. The smallest absolute Gasteiger partial charge is 0.410 e. The van der Waals surface area contributed by atoms with E-state index in [0.29, 0.717) is 36.6 Å². The predicted molar refractivity (Wildman–Crippen MR) is 96.2 cm³/mol. The Balaban J connectivity index is 1.52. The molecule has 2 fully saturated rings. The van der Waals surface area contributed by atoms with Gasteiger partial charge in [0.15, 0.2) is 5.60 Å². The Morgan fingerprint density at radius 1 is 1.32 bits per heavy atom. The first-order chi connectivity index (χ1) is 13.3. The van der Waals surface area contributed by atoms with Crippen LogP contribution in [0.1, 0.15) is 5.69 Å². The van der Waals surface area contributed by atoms with Crippen LogP contribution in [0.25, 0.3) is 11.3 Å². The van der Waals surface area contributed by atoms with Crippen molar-refractivity contribution in [1.82, 2.24) is 19.8 Å². The van der Waals surface area contributed by atoms with E-state index in [1.54, 1.807) is 17.2 Å². The van der Waals surface area contributed by atoms with Crippen molar-refractivity contribution >= 4 is 17.7 Å². The fourth-order valence-electron chi connectivity index (χ4n) is 3.58. The third-order valence-corrected chi connectivity index (χ3v) is 4.95. The van der Waals surface area contributed by atoms with E-state index in [2.05, 4.69) is 19.6 Å². The first-order valence-electron chi connectivity index (χ1n) is 8.56. The van der Waals surface area contributed by atoms with Gasteiger partial charge in [0.1, 0.15) is 5.75 Å². The van der Waals surface area contributed by atoms with Crippen LogP contribution in [-0.4, -0.2) is 64.8 Å². The molecule has 0 N–H and O–H groups in total. The maximum atomic E-state index is 12.5. The van der Waals surface area contributed by atoms with Crippen molar-refractivity contribution in [3.63, 3.8) is 0 Å². The third kappa shape index (κ3) is 3.72. The van der Waals surface area contributed by atoms with Gasteiger partial charge in [0, 0.05) is 18.7 Å². The molecule has 1 amide bonds. The standard InChI is InChI=1S/C18H17ClF2N4O3/c1-24-8-18(9-24)10-25(17(26)28-18)7-12-5-22-6-14(23-12)11-2-3-13(19)15(4-11)27-16(20)21/h2-6,16H,7-10H2,1H3. The number of hydrogen-bond acceptors (Lipinski definition) is 6. The van der Waals surface area contributed by atoms with Crippen molar-refractivity contribution in [2.24, 2.45) is 0 Å². The highest BCUT2D eigenvalue weighted by Gasteiger charge is 2.52. The normalized spacial score (nSPS) is 18.5. The molecule has 2 saturated heterocycles.